The molecule has 1 saturated heterocycles. The zero-order chi connectivity index (χ0) is 18.8. The van der Waals surface area contributed by atoms with Gasteiger partial charge in [-0.2, -0.15) is 4.98 Å². The van der Waals surface area contributed by atoms with Crippen LogP contribution in [-0.4, -0.2) is 33.1 Å². The van der Waals surface area contributed by atoms with E-state index < -0.39 is 0 Å². The predicted molar refractivity (Wildman–Crippen MR) is 100 cm³/mol. The summed E-state index contributed by atoms with van der Waals surface area (Å²) >= 11 is 0. The van der Waals surface area contributed by atoms with Gasteiger partial charge in [-0.3, -0.25) is 15.1 Å². The number of benzene rings is 1. The molecule has 0 N–H and O–H groups in total. The summed E-state index contributed by atoms with van der Waals surface area (Å²) < 4.78 is 5.31. The van der Waals surface area contributed by atoms with Gasteiger partial charge in [0.25, 0.3) is 11.6 Å². The Balaban J connectivity index is 1.66. The van der Waals surface area contributed by atoms with E-state index in [4.69, 9.17) is 4.52 Å². The molecule has 0 aliphatic carbocycles. The van der Waals surface area contributed by atoms with Crippen LogP contribution < -0.4 is 4.90 Å². The molecule has 0 bridgehead atoms. The lowest BCUT2D eigenvalue weighted by molar-refractivity contribution is -0.384. The highest BCUT2D eigenvalue weighted by atomic mass is 16.6. The van der Waals surface area contributed by atoms with E-state index in [1.54, 1.807) is 30.6 Å². The summed E-state index contributed by atoms with van der Waals surface area (Å²) in [5.41, 5.74) is 1.95. The molecule has 0 spiro atoms. The van der Waals surface area contributed by atoms with Crippen molar-refractivity contribution < 1.29 is 9.45 Å². The number of nitro groups is 1. The molecular formula is C19H19N5O3. The number of aromatic nitrogens is 3. The molecule has 0 radical (unpaired) electrons. The summed E-state index contributed by atoms with van der Waals surface area (Å²) in [5, 5.41) is 15.6. The average molecular weight is 365 g/mol. The largest absolute Gasteiger partial charge is 0.366 e. The maximum absolute atomic E-state index is 11.6. The topological polar surface area (TPSA) is 98.2 Å². The van der Waals surface area contributed by atoms with Crippen molar-refractivity contribution in [1.82, 2.24) is 15.1 Å². The Morgan fingerprint density at radius 2 is 2.04 bits per heavy atom. The molecule has 1 fully saturated rings. The lowest BCUT2D eigenvalue weighted by atomic mass is 9.98. The van der Waals surface area contributed by atoms with Crippen LogP contribution in [0.2, 0.25) is 0 Å². The van der Waals surface area contributed by atoms with Gasteiger partial charge >= 0.3 is 0 Å². The van der Waals surface area contributed by atoms with Gasteiger partial charge in [-0.1, -0.05) is 12.1 Å². The molecule has 8 heteroatoms. The molecule has 8 nitrogen and oxygen atoms in total. The predicted octanol–water partition coefficient (Wildman–Crippen LogP) is 3.94. The van der Waals surface area contributed by atoms with Gasteiger partial charge in [0.15, 0.2) is 0 Å². The number of anilines is 1. The number of piperidine rings is 1. The first-order valence-electron chi connectivity index (χ1n) is 8.89. The molecule has 1 aliphatic rings. The van der Waals surface area contributed by atoms with Gasteiger partial charge in [0.05, 0.1) is 4.92 Å². The minimum atomic E-state index is -0.352. The average Bonchev–Trinajstić information content (AvgIpc) is 3.19. The highest BCUT2D eigenvalue weighted by Crippen LogP contribution is 2.35. The monoisotopic (exact) mass is 365 g/mol. The quantitative estimate of drug-likeness (QED) is 0.510. The smallest absolute Gasteiger partial charge is 0.293 e. The van der Waals surface area contributed by atoms with Crippen LogP contribution in [0, 0.1) is 16.0 Å². The van der Waals surface area contributed by atoms with E-state index in [9.17, 15) is 10.1 Å². The normalized spacial score (nSPS) is 15.1. The van der Waals surface area contributed by atoms with E-state index in [0.29, 0.717) is 23.0 Å². The van der Waals surface area contributed by atoms with Gasteiger partial charge < -0.3 is 9.42 Å². The molecule has 4 rings (SSSR count). The minimum Gasteiger partial charge on any atom is -0.366 e. The van der Waals surface area contributed by atoms with Gasteiger partial charge in [-0.15, -0.1) is 0 Å². The van der Waals surface area contributed by atoms with E-state index in [0.717, 1.165) is 31.5 Å². The van der Waals surface area contributed by atoms with Gasteiger partial charge in [0.1, 0.15) is 5.69 Å². The third-order valence-corrected chi connectivity index (χ3v) is 4.89. The molecule has 3 aromatic rings. The van der Waals surface area contributed by atoms with Gasteiger partial charge in [-0.05, 0) is 43.0 Å². The van der Waals surface area contributed by atoms with Gasteiger partial charge in [-0.25, -0.2) is 0 Å². The van der Waals surface area contributed by atoms with Crippen LogP contribution in [0.5, 0.6) is 0 Å². The summed E-state index contributed by atoms with van der Waals surface area (Å²) in [6.07, 6.45) is 5.37. The SMILES string of the molecule is CC1CCN(c2ccc(-c3nc(-c4cccnc4)no3)cc2[N+](=O)[O-])CC1. The first-order chi connectivity index (χ1) is 13.1. The second-order valence-corrected chi connectivity index (χ2v) is 6.80. The summed E-state index contributed by atoms with van der Waals surface area (Å²) in [6.45, 7) is 3.87. The molecule has 27 heavy (non-hydrogen) atoms. The molecule has 2 aromatic heterocycles. The summed E-state index contributed by atoms with van der Waals surface area (Å²) in [5.74, 6) is 1.30. The molecular weight excluding hydrogens is 346 g/mol. The second kappa shape index (κ2) is 7.14. The van der Waals surface area contributed by atoms with Gasteiger partial charge in [0.2, 0.25) is 5.82 Å². The Morgan fingerprint density at radius 1 is 1.22 bits per heavy atom. The Hall–Kier alpha value is -3.29. The molecule has 1 aromatic carbocycles. The number of nitro benzene ring substituents is 1. The van der Waals surface area contributed by atoms with Crippen LogP contribution in [0.4, 0.5) is 11.4 Å². The van der Waals surface area contributed by atoms with Crippen LogP contribution in [0.15, 0.2) is 47.2 Å². The Morgan fingerprint density at radius 3 is 2.74 bits per heavy atom. The van der Waals surface area contributed by atoms with Crippen LogP contribution in [0.3, 0.4) is 0 Å². The van der Waals surface area contributed by atoms with Crippen LogP contribution in [0.25, 0.3) is 22.8 Å². The van der Waals surface area contributed by atoms with E-state index in [2.05, 4.69) is 26.9 Å². The zero-order valence-corrected chi connectivity index (χ0v) is 14.9. The Labute approximate surface area is 156 Å². The third-order valence-electron chi connectivity index (χ3n) is 4.89. The van der Waals surface area contributed by atoms with Crippen molar-refractivity contribution in [2.45, 2.75) is 19.8 Å². The summed E-state index contributed by atoms with van der Waals surface area (Å²) in [4.78, 5) is 21.8. The third kappa shape index (κ3) is 3.51. The van der Waals surface area contributed by atoms with Crippen molar-refractivity contribution in [1.29, 1.82) is 0 Å². The number of hydrogen-bond donors (Lipinski definition) is 0. The summed E-state index contributed by atoms with van der Waals surface area (Å²) in [6, 6.07) is 8.68. The maximum atomic E-state index is 11.6. The van der Waals surface area contributed by atoms with Crippen molar-refractivity contribution in [3.63, 3.8) is 0 Å². The standard InChI is InChI=1S/C19H19N5O3/c1-13-6-9-23(10-7-13)16-5-4-14(11-17(16)24(25)26)19-21-18(22-27-19)15-3-2-8-20-12-15/h2-5,8,11-13H,6-7,9-10H2,1H3. The van der Waals surface area contributed by atoms with Gasteiger partial charge in [0, 0.05) is 42.7 Å². The van der Waals surface area contributed by atoms with Crippen molar-refractivity contribution >= 4 is 11.4 Å². The lowest BCUT2D eigenvalue weighted by Crippen LogP contribution is -2.33. The minimum absolute atomic E-state index is 0.0585. The Kier molecular flexibility index (Phi) is 4.53. The highest BCUT2D eigenvalue weighted by molar-refractivity contribution is 5.71. The highest BCUT2D eigenvalue weighted by Gasteiger charge is 2.25. The van der Waals surface area contributed by atoms with E-state index >= 15 is 0 Å². The van der Waals surface area contributed by atoms with Crippen molar-refractivity contribution in [2.24, 2.45) is 5.92 Å². The Bertz CT molecular complexity index is 949. The van der Waals surface area contributed by atoms with E-state index in [1.807, 2.05) is 6.07 Å². The van der Waals surface area contributed by atoms with Crippen LogP contribution in [0.1, 0.15) is 19.8 Å². The van der Waals surface area contributed by atoms with E-state index in [1.165, 1.54) is 6.07 Å². The van der Waals surface area contributed by atoms with Crippen molar-refractivity contribution in [3.8, 4) is 22.8 Å². The van der Waals surface area contributed by atoms with Crippen LogP contribution in [-0.2, 0) is 0 Å². The lowest BCUT2D eigenvalue weighted by Gasteiger charge is -2.31. The van der Waals surface area contributed by atoms with Crippen LogP contribution >= 0.6 is 0 Å². The first kappa shape index (κ1) is 17.1. The number of nitrogens with zero attached hydrogens (tertiary/aromatic N) is 5. The molecule has 0 amide bonds. The number of hydrogen-bond acceptors (Lipinski definition) is 7. The molecule has 0 saturated carbocycles. The molecule has 0 unspecified atom stereocenters. The molecule has 3 heterocycles. The zero-order valence-electron chi connectivity index (χ0n) is 14.9. The molecule has 138 valence electrons. The fourth-order valence-electron chi connectivity index (χ4n) is 3.27. The van der Waals surface area contributed by atoms with E-state index in [-0.39, 0.29) is 16.5 Å². The second-order valence-electron chi connectivity index (χ2n) is 6.80. The molecule has 0 atom stereocenters. The first-order valence-corrected chi connectivity index (χ1v) is 8.89. The van der Waals surface area contributed by atoms with Crippen molar-refractivity contribution in [3.05, 3.63) is 52.8 Å². The van der Waals surface area contributed by atoms with Crippen molar-refractivity contribution in [2.75, 3.05) is 18.0 Å². The summed E-state index contributed by atoms with van der Waals surface area (Å²) in [7, 11) is 0. The molecule has 1 aliphatic heterocycles. The fourth-order valence-corrected chi connectivity index (χ4v) is 3.27. The maximum Gasteiger partial charge on any atom is 0.293 e. The number of rotatable bonds is 4. The fraction of sp³-hybridized carbons (Fsp3) is 0.316. The number of pyridine rings is 1.